The van der Waals surface area contributed by atoms with Crippen LogP contribution < -0.4 is 11.3 Å². The van der Waals surface area contributed by atoms with Crippen molar-refractivity contribution < 1.29 is 0 Å². The van der Waals surface area contributed by atoms with Gasteiger partial charge in [0.2, 0.25) is 0 Å². The lowest BCUT2D eigenvalue weighted by Gasteiger charge is -2.36. The molecule has 2 rings (SSSR count). The molecule has 5 nitrogen and oxygen atoms in total. The summed E-state index contributed by atoms with van der Waals surface area (Å²) in [6.07, 6.45) is 8.83. The van der Waals surface area contributed by atoms with Crippen molar-refractivity contribution in [3.8, 4) is 0 Å². The van der Waals surface area contributed by atoms with Gasteiger partial charge in [-0.2, -0.15) is 0 Å². The van der Waals surface area contributed by atoms with Gasteiger partial charge >= 0.3 is 0 Å². The molecule has 1 aliphatic rings. The number of rotatable bonds is 4. The van der Waals surface area contributed by atoms with Crippen LogP contribution in [0.2, 0.25) is 0 Å². The zero-order chi connectivity index (χ0) is 13.0. The predicted molar refractivity (Wildman–Crippen MR) is 72.7 cm³/mol. The lowest BCUT2D eigenvalue weighted by molar-refractivity contribution is 0.132. The summed E-state index contributed by atoms with van der Waals surface area (Å²) in [4.78, 5) is 11.0. The van der Waals surface area contributed by atoms with Crippen LogP contribution in [0.4, 0.5) is 5.82 Å². The molecule has 2 unspecified atom stereocenters. The van der Waals surface area contributed by atoms with Gasteiger partial charge in [0.15, 0.2) is 5.82 Å². The second-order valence-electron chi connectivity index (χ2n) is 5.28. The van der Waals surface area contributed by atoms with Gasteiger partial charge in [-0.25, -0.2) is 10.8 Å². The third-order valence-corrected chi connectivity index (χ3v) is 3.90. The van der Waals surface area contributed by atoms with Crippen molar-refractivity contribution in [3.63, 3.8) is 0 Å². The van der Waals surface area contributed by atoms with E-state index in [9.17, 15) is 0 Å². The molecule has 0 radical (unpaired) electrons. The van der Waals surface area contributed by atoms with Gasteiger partial charge in [0.25, 0.3) is 0 Å². The minimum Gasteiger partial charge on any atom is -0.307 e. The lowest BCUT2D eigenvalue weighted by Crippen LogP contribution is -2.38. The molecule has 0 spiro atoms. The van der Waals surface area contributed by atoms with E-state index in [-0.39, 0.29) is 0 Å². The second kappa shape index (κ2) is 6.11. The molecular formula is C13H23N5. The molecule has 0 aliphatic heterocycles. The fourth-order valence-electron chi connectivity index (χ4n) is 2.84. The van der Waals surface area contributed by atoms with Gasteiger partial charge in [-0.15, -0.1) is 0 Å². The Morgan fingerprint density at radius 2 is 2.11 bits per heavy atom. The summed E-state index contributed by atoms with van der Waals surface area (Å²) < 4.78 is 0. The quantitative estimate of drug-likeness (QED) is 0.629. The molecule has 1 saturated carbocycles. The minimum atomic E-state index is 0.604. The first-order chi connectivity index (χ1) is 8.70. The molecule has 100 valence electrons. The Hall–Kier alpha value is -1.20. The number of hydrogen-bond acceptors (Lipinski definition) is 5. The van der Waals surface area contributed by atoms with Crippen LogP contribution in [-0.2, 0) is 6.54 Å². The van der Waals surface area contributed by atoms with Crippen LogP contribution in [-0.4, -0.2) is 28.0 Å². The van der Waals surface area contributed by atoms with E-state index in [0.29, 0.717) is 11.9 Å². The van der Waals surface area contributed by atoms with Crippen molar-refractivity contribution in [2.45, 2.75) is 45.2 Å². The first-order valence-corrected chi connectivity index (χ1v) is 6.68. The third kappa shape index (κ3) is 3.17. The van der Waals surface area contributed by atoms with E-state index in [2.05, 4.69) is 34.3 Å². The van der Waals surface area contributed by atoms with Gasteiger partial charge in [0, 0.05) is 12.6 Å². The molecular weight excluding hydrogens is 226 g/mol. The highest BCUT2D eigenvalue weighted by Gasteiger charge is 2.24. The SMILES string of the molecule is CC1CCCCC1N(C)Cc1cnc(NN)cn1. The van der Waals surface area contributed by atoms with Crippen molar-refractivity contribution in [2.24, 2.45) is 11.8 Å². The van der Waals surface area contributed by atoms with Crippen molar-refractivity contribution in [3.05, 3.63) is 18.1 Å². The van der Waals surface area contributed by atoms with Crippen LogP contribution in [0.3, 0.4) is 0 Å². The molecule has 3 N–H and O–H groups in total. The molecule has 1 aliphatic carbocycles. The van der Waals surface area contributed by atoms with Gasteiger partial charge in [0.05, 0.1) is 18.1 Å². The monoisotopic (exact) mass is 249 g/mol. The first-order valence-electron chi connectivity index (χ1n) is 6.68. The Balaban J connectivity index is 1.94. The van der Waals surface area contributed by atoms with Crippen molar-refractivity contribution >= 4 is 5.82 Å². The minimum absolute atomic E-state index is 0.604. The number of nitrogens with two attached hydrogens (primary N) is 1. The maximum atomic E-state index is 5.27. The van der Waals surface area contributed by atoms with Crippen LogP contribution in [0.5, 0.6) is 0 Å². The molecule has 5 heteroatoms. The molecule has 2 atom stereocenters. The molecule has 1 aromatic rings. The molecule has 0 saturated heterocycles. The smallest absolute Gasteiger partial charge is 0.158 e. The fourth-order valence-corrected chi connectivity index (χ4v) is 2.84. The lowest BCUT2D eigenvalue weighted by atomic mass is 9.85. The summed E-state index contributed by atoms with van der Waals surface area (Å²) in [5.74, 6) is 6.66. The third-order valence-electron chi connectivity index (χ3n) is 3.90. The molecule has 0 amide bonds. The zero-order valence-electron chi connectivity index (χ0n) is 11.3. The van der Waals surface area contributed by atoms with Crippen LogP contribution >= 0.6 is 0 Å². The van der Waals surface area contributed by atoms with E-state index in [1.807, 2.05) is 0 Å². The first kappa shape index (κ1) is 13.2. The van der Waals surface area contributed by atoms with Gasteiger partial charge in [0.1, 0.15) is 0 Å². The van der Waals surface area contributed by atoms with E-state index in [4.69, 9.17) is 5.84 Å². The van der Waals surface area contributed by atoms with E-state index in [1.54, 1.807) is 12.4 Å². The van der Waals surface area contributed by atoms with Gasteiger partial charge in [-0.1, -0.05) is 19.8 Å². The van der Waals surface area contributed by atoms with Gasteiger partial charge < -0.3 is 5.43 Å². The largest absolute Gasteiger partial charge is 0.307 e. The molecule has 1 fully saturated rings. The van der Waals surface area contributed by atoms with Crippen molar-refractivity contribution in [1.82, 2.24) is 14.9 Å². The predicted octanol–water partition coefficient (Wildman–Crippen LogP) is 1.77. The highest BCUT2D eigenvalue weighted by molar-refractivity contribution is 5.28. The fraction of sp³-hybridized carbons (Fsp3) is 0.692. The maximum Gasteiger partial charge on any atom is 0.158 e. The van der Waals surface area contributed by atoms with E-state index < -0.39 is 0 Å². The molecule has 0 aromatic carbocycles. The maximum absolute atomic E-state index is 5.27. The average molecular weight is 249 g/mol. The molecule has 1 aromatic heterocycles. The topological polar surface area (TPSA) is 67.1 Å². The van der Waals surface area contributed by atoms with E-state index in [0.717, 1.165) is 18.2 Å². The standard InChI is InChI=1S/C13H23N5/c1-10-5-3-4-6-12(10)18(2)9-11-7-16-13(17-14)8-15-11/h7-8,10,12H,3-6,9,14H2,1-2H3,(H,16,17). The Kier molecular flexibility index (Phi) is 4.49. The van der Waals surface area contributed by atoms with E-state index >= 15 is 0 Å². The second-order valence-corrected chi connectivity index (χ2v) is 5.28. The molecule has 18 heavy (non-hydrogen) atoms. The Labute approximate surface area is 109 Å². The van der Waals surface area contributed by atoms with Crippen molar-refractivity contribution in [1.29, 1.82) is 0 Å². The average Bonchev–Trinajstić information content (AvgIpc) is 2.40. The summed E-state index contributed by atoms with van der Waals surface area (Å²) in [6.45, 7) is 3.21. The van der Waals surface area contributed by atoms with Crippen LogP contribution in [0.1, 0.15) is 38.3 Å². The van der Waals surface area contributed by atoms with Crippen LogP contribution in [0, 0.1) is 5.92 Å². The number of nitrogens with zero attached hydrogens (tertiary/aromatic N) is 3. The summed E-state index contributed by atoms with van der Waals surface area (Å²) in [6, 6.07) is 0.674. The van der Waals surface area contributed by atoms with Crippen molar-refractivity contribution in [2.75, 3.05) is 12.5 Å². The molecule has 1 heterocycles. The number of hydrazine groups is 1. The Bertz CT molecular complexity index is 364. The summed E-state index contributed by atoms with van der Waals surface area (Å²) in [5, 5.41) is 0. The Morgan fingerprint density at radius 1 is 1.33 bits per heavy atom. The van der Waals surface area contributed by atoms with E-state index in [1.165, 1.54) is 25.7 Å². The summed E-state index contributed by atoms with van der Waals surface area (Å²) in [7, 11) is 2.18. The number of anilines is 1. The zero-order valence-corrected chi connectivity index (χ0v) is 11.3. The summed E-state index contributed by atoms with van der Waals surface area (Å²) in [5.41, 5.74) is 3.49. The van der Waals surface area contributed by atoms with Crippen LogP contribution in [0.25, 0.3) is 0 Å². The van der Waals surface area contributed by atoms with Gasteiger partial charge in [-0.3, -0.25) is 9.88 Å². The molecule has 0 bridgehead atoms. The number of aromatic nitrogens is 2. The number of nitrogen functional groups attached to an aromatic ring is 1. The highest BCUT2D eigenvalue weighted by atomic mass is 15.3. The van der Waals surface area contributed by atoms with Crippen LogP contribution in [0.15, 0.2) is 12.4 Å². The number of nitrogens with one attached hydrogen (secondary N) is 1. The summed E-state index contributed by atoms with van der Waals surface area (Å²) >= 11 is 0. The number of hydrogen-bond donors (Lipinski definition) is 2. The normalized spacial score (nSPS) is 24.2. The Morgan fingerprint density at radius 3 is 2.72 bits per heavy atom. The van der Waals surface area contributed by atoms with Gasteiger partial charge in [-0.05, 0) is 25.8 Å². The highest BCUT2D eigenvalue weighted by Crippen LogP contribution is 2.27.